The molecule has 0 unspecified atom stereocenters. The molecule has 2 N–H and O–H groups in total. The summed E-state index contributed by atoms with van der Waals surface area (Å²) in [5.74, 6) is 0.272. The van der Waals surface area contributed by atoms with Gasteiger partial charge in [0.25, 0.3) is 0 Å². The Bertz CT molecular complexity index is 1020. The second kappa shape index (κ2) is 6.61. The topological polar surface area (TPSA) is 57.8 Å². The number of aromatic amines is 1. The van der Waals surface area contributed by atoms with E-state index >= 15 is 0 Å². The number of H-pyrrole nitrogens is 1. The molecule has 25 heavy (non-hydrogen) atoms. The molecule has 1 amide bonds. The van der Waals surface area contributed by atoms with Crippen molar-refractivity contribution in [2.45, 2.75) is 12.1 Å². The average molecular weight is 347 g/mol. The Hall–Kier alpha value is -2.79. The highest BCUT2D eigenvalue weighted by atomic mass is 32.2. The molecule has 1 aromatic heterocycles. The quantitative estimate of drug-likeness (QED) is 0.524. The first-order valence-corrected chi connectivity index (χ1v) is 9.04. The van der Waals surface area contributed by atoms with Crippen molar-refractivity contribution in [3.8, 4) is 0 Å². The van der Waals surface area contributed by atoms with E-state index in [0.29, 0.717) is 5.75 Å². The second-order valence-corrected chi connectivity index (χ2v) is 6.93. The summed E-state index contributed by atoms with van der Waals surface area (Å²) in [6.07, 6.45) is 0. The van der Waals surface area contributed by atoms with Gasteiger partial charge in [0.2, 0.25) is 5.91 Å². The molecule has 1 heterocycles. The monoisotopic (exact) mass is 347 g/mol. The van der Waals surface area contributed by atoms with Gasteiger partial charge in [-0.2, -0.15) is 0 Å². The molecule has 0 saturated carbocycles. The highest BCUT2D eigenvalue weighted by Gasteiger charge is 2.08. The summed E-state index contributed by atoms with van der Waals surface area (Å²) in [4.78, 5) is 20.0. The molecular weight excluding hydrogens is 330 g/mol. The maximum atomic E-state index is 12.1. The van der Waals surface area contributed by atoms with E-state index < -0.39 is 0 Å². The number of carbonyl (C=O) groups excluding carboxylic acids is 1. The number of hydrogen-bond acceptors (Lipinski definition) is 3. The van der Waals surface area contributed by atoms with Crippen LogP contribution in [0.15, 0.2) is 65.8 Å². The van der Waals surface area contributed by atoms with Crippen LogP contribution in [0.5, 0.6) is 0 Å². The van der Waals surface area contributed by atoms with Crippen molar-refractivity contribution < 1.29 is 4.79 Å². The van der Waals surface area contributed by atoms with Gasteiger partial charge in [0.05, 0.1) is 16.8 Å². The fourth-order valence-corrected chi connectivity index (χ4v) is 3.48. The lowest BCUT2D eigenvalue weighted by Crippen LogP contribution is -2.14. The van der Waals surface area contributed by atoms with Gasteiger partial charge in [0, 0.05) is 5.69 Å². The average Bonchev–Trinajstić information content (AvgIpc) is 2.99. The maximum absolute atomic E-state index is 12.1. The Labute approximate surface area is 149 Å². The number of anilines is 1. The van der Waals surface area contributed by atoms with Gasteiger partial charge in [0.1, 0.15) is 0 Å². The first-order chi connectivity index (χ1) is 12.2. The number of amides is 1. The minimum absolute atomic E-state index is 0.0405. The zero-order chi connectivity index (χ0) is 17.2. The van der Waals surface area contributed by atoms with Gasteiger partial charge in [-0.05, 0) is 47.5 Å². The Balaban J connectivity index is 1.47. The molecule has 4 rings (SSSR count). The minimum Gasteiger partial charge on any atom is -0.333 e. The third-order valence-electron chi connectivity index (χ3n) is 3.97. The molecular formula is C20H17N3OS. The second-order valence-electron chi connectivity index (χ2n) is 5.96. The number of nitrogens with zero attached hydrogens (tertiary/aromatic N) is 1. The number of nitrogens with one attached hydrogen (secondary N) is 2. The van der Waals surface area contributed by atoms with E-state index in [9.17, 15) is 4.79 Å². The van der Waals surface area contributed by atoms with Gasteiger partial charge < -0.3 is 10.3 Å². The van der Waals surface area contributed by atoms with Gasteiger partial charge in [-0.3, -0.25) is 4.79 Å². The van der Waals surface area contributed by atoms with Crippen molar-refractivity contribution in [1.29, 1.82) is 0 Å². The van der Waals surface area contributed by atoms with E-state index in [4.69, 9.17) is 0 Å². The molecule has 0 aliphatic heterocycles. The Morgan fingerprint density at radius 3 is 2.68 bits per heavy atom. The normalized spacial score (nSPS) is 11.1. The number of carbonyl (C=O) groups is 1. The predicted molar refractivity (Wildman–Crippen MR) is 104 cm³/mol. The zero-order valence-electron chi connectivity index (χ0n) is 13.7. The van der Waals surface area contributed by atoms with Gasteiger partial charge in [0.15, 0.2) is 5.16 Å². The number of benzene rings is 3. The van der Waals surface area contributed by atoms with Gasteiger partial charge >= 0.3 is 0 Å². The van der Waals surface area contributed by atoms with Crippen LogP contribution in [-0.4, -0.2) is 21.6 Å². The molecule has 0 atom stereocenters. The van der Waals surface area contributed by atoms with Crippen molar-refractivity contribution in [1.82, 2.24) is 9.97 Å². The molecule has 0 aliphatic rings. The van der Waals surface area contributed by atoms with Crippen LogP contribution < -0.4 is 5.32 Å². The fourth-order valence-electron chi connectivity index (χ4n) is 2.80. The van der Waals surface area contributed by atoms with Crippen molar-refractivity contribution >= 4 is 45.2 Å². The van der Waals surface area contributed by atoms with Crippen LogP contribution in [-0.2, 0) is 4.79 Å². The van der Waals surface area contributed by atoms with Gasteiger partial charge in [-0.1, -0.05) is 48.2 Å². The summed E-state index contributed by atoms with van der Waals surface area (Å²) in [6.45, 7) is 2.00. The summed E-state index contributed by atoms with van der Waals surface area (Å²) >= 11 is 1.41. The molecule has 4 nitrogen and oxygen atoms in total. The van der Waals surface area contributed by atoms with Gasteiger partial charge in [-0.15, -0.1) is 0 Å². The summed E-state index contributed by atoms with van der Waals surface area (Å²) in [5.41, 5.74) is 3.84. The number of hydrogen-bond donors (Lipinski definition) is 2. The minimum atomic E-state index is -0.0405. The van der Waals surface area contributed by atoms with E-state index in [1.807, 2.05) is 43.3 Å². The number of fused-ring (bicyclic) bond motifs is 2. The summed E-state index contributed by atoms with van der Waals surface area (Å²) < 4.78 is 0. The molecule has 0 fully saturated rings. The predicted octanol–water partition coefficient (Wildman–Crippen LogP) is 4.76. The molecule has 0 radical (unpaired) electrons. The van der Waals surface area contributed by atoms with E-state index in [-0.39, 0.29) is 5.91 Å². The van der Waals surface area contributed by atoms with Gasteiger partial charge in [-0.25, -0.2) is 4.98 Å². The van der Waals surface area contributed by atoms with Crippen LogP contribution >= 0.6 is 11.8 Å². The van der Waals surface area contributed by atoms with Crippen molar-refractivity contribution in [3.05, 3.63) is 66.2 Å². The lowest BCUT2D eigenvalue weighted by Gasteiger charge is -2.04. The van der Waals surface area contributed by atoms with Crippen LogP contribution in [0.4, 0.5) is 5.69 Å². The lowest BCUT2D eigenvalue weighted by atomic mass is 10.1. The molecule has 0 saturated heterocycles. The number of rotatable bonds is 4. The standard InChI is InChI=1S/C20H17N3OS/c1-13-5-4-8-16(9-13)21-19(24)12-25-20-22-17-10-14-6-2-3-7-15(14)11-18(17)23-20/h2-11H,12H2,1H3,(H,21,24)(H,22,23). The molecule has 0 aliphatic carbocycles. The lowest BCUT2D eigenvalue weighted by molar-refractivity contribution is -0.113. The van der Waals surface area contributed by atoms with Crippen molar-refractivity contribution in [2.24, 2.45) is 0 Å². The molecule has 0 spiro atoms. The highest BCUT2D eigenvalue weighted by Crippen LogP contribution is 2.24. The summed E-state index contributed by atoms with van der Waals surface area (Å²) in [5, 5.41) is 6.00. The van der Waals surface area contributed by atoms with Crippen LogP contribution in [0.2, 0.25) is 0 Å². The Kier molecular flexibility index (Phi) is 4.15. The molecule has 3 aromatic carbocycles. The SMILES string of the molecule is Cc1cccc(NC(=O)CSc2nc3cc4ccccc4cc3[nH]2)c1. The summed E-state index contributed by atoms with van der Waals surface area (Å²) in [7, 11) is 0. The largest absolute Gasteiger partial charge is 0.333 e. The number of thioether (sulfide) groups is 1. The van der Waals surface area contributed by atoms with Crippen LogP contribution in [0.1, 0.15) is 5.56 Å². The third kappa shape index (κ3) is 3.51. The van der Waals surface area contributed by atoms with Crippen molar-refractivity contribution in [2.75, 3.05) is 11.1 Å². The van der Waals surface area contributed by atoms with Crippen LogP contribution in [0.25, 0.3) is 21.8 Å². The molecule has 5 heteroatoms. The number of aryl methyl sites for hydroxylation is 1. The smallest absolute Gasteiger partial charge is 0.234 e. The maximum Gasteiger partial charge on any atom is 0.234 e. The zero-order valence-corrected chi connectivity index (χ0v) is 14.6. The van der Waals surface area contributed by atoms with E-state index in [1.54, 1.807) is 0 Å². The molecule has 0 bridgehead atoms. The number of imidazole rings is 1. The Morgan fingerprint density at radius 2 is 1.88 bits per heavy atom. The first kappa shape index (κ1) is 15.7. The third-order valence-corrected chi connectivity index (χ3v) is 4.84. The molecule has 4 aromatic rings. The molecule has 124 valence electrons. The Morgan fingerprint density at radius 1 is 1.08 bits per heavy atom. The first-order valence-electron chi connectivity index (χ1n) is 8.05. The number of aromatic nitrogens is 2. The highest BCUT2D eigenvalue weighted by molar-refractivity contribution is 7.99. The van der Waals surface area contributed by atoms with E-state index in [0.717, 1.165) is 32.8 Å². The van der Waals surface area contributed by atoms with E-state index in [2.05, 4.69) is 39.6 Å². The van der Waals surface area contributed by atoms with Crippen LogP contribution in [0.3, 0.4) is 0 Å². The van der Waals surface area contributed by atoms with Crippen LogP contribution in [0, 0.1) is 6.92 Å². The summed E-state index contributed by atoms with van der Waals surface area (Å²) in [6, 6.07) is 20.1. The van der Waals surface area contributed by atoms with Crippen molar-refractivity contribution in [3.63, 3.8) is 0 Å². The van der Waals surface area contributed by atoms with E-state index in [1.165, 1.54) is 17.1 Å². The fraction of sp³-hybridized carbons (Fsp3) is 0.100.